The predicted molar refractivity (Wildman–Crippen MR) is 64.7 cm³/mol. The van der Waals surface area contributed by atoms with Crippen molar-refractivity contribution in [3.63, 3.8) is 0 Å². The van der Waals surface area contributed by atoms with E-state index in [2.05, 4.69) is 21.9 Å². The number of H-pyrrole nitrogens is 1. The largest absolute Gasteiger partial charge is 0.478 e. The van der Waals surface area contributed by atoms with Gasteiger partial charge in [-0.2, -0.15) is 0 Å². The van der Waals surface area contributed by atoms with Gasteiger partial charge in [-0.3, -0.25) is 0 Å². The summed E-state index contributed by atoms with van der Waals surface area (Å²) in [5, 5.41) is 8.53. The fourth-order valence-electron chi connectivity index (χ4n) is 2.21. The number of hydrogen-bond acceptors (Lipinski definition) is 3. The third kappa shape index (κ3) is 3.17. The molecule has 2 heterocycles. The van der Waals surface area contributed by atoms with Gasteiger partial charge in [0.15, 0.2) is 0 Å². The molecule has 0 amide bonds. The average molecular weight is 235 g/mol. The van der Waals surface area contributed by atoms with Crippen molar-refractivity contribution in [2.45, 2.75) is 18.8 Å². The quantitative estimate of drug-likeness (QED) is 0.775. The zero-order valence-electron chi connectivity index (χ0n) is 9.89. The third-order valence-electron chi connectivity index (χ3n) is 3.06. The molecular formula is C12H17N3O2. The lowest BCUT2D eigenvalue weighted by molar-refractivity contribution is -0.131. The first-order chi connectivity index (χ1) is 8.15. The summed E-state index contributed by atoms with van der Waals surface area (Å²) in [6, 6.07) is 0. The molecule has 1 fully saturated rings. The summed E-state index contributed by atoms with van der Waals surface area (Å²) in [6.07, 6.45) is 6.74. The van der Waals surface area contributed by atoms with Gasteiger partial charge in [0.25, 0.3) is 0 Å². The number of nitrogens with zero attached hydrogens (tertiary/aromatic N) is 2. The molecule has 0 aromatic carbocycles. The van der Waals surface area contributed by atoms with Crippen molar-refractivity contribution < 1.29 is 9.90 Å². The maximum absolute atomic E-state index is 10.4. The molecule has 0 spiro atoms. The Labute approximate surface area is 100 Å². The third-order valence-corrected chi connectivity index (χ3v) is 3.06. The molecular weight excluding hydrogens is 218 g/mol. The van der Waals surface area contributed by atoms with Crippen LogP contribution >= 0.6 is 0 Å². The van der Waals surface area contributed by atoms with E-state index in [4.69, 9.17) is 5.11 Å². The molecule has 1 unspecified atom stereocenters. The van der Waals surface area contributed by atoms with E-state index in [1.807, 2.05) is 6.20 Å². The normalized spacial score (nSPS) is 22.1. The Bertz CT molecular complexity index is 425. The number of nitrogens with one attached hydrogen (secondary N) is 1. The van der Waals surface area contributed by atoms with E-state index in [-0.39, 0.29) is 0 Å². The minimum absolute atomic E-state index is 0.480. The Hall–Kier alpha value is -1.62. The molecule has 5 heteroatoms. The summed E-state index contributed by atoms with van der Waals surface area (Å²) in [5.74, 6) is 0.129. The molecule has 5 nitrogen and oxygen atoms in total. The molecule has 1 saturated heterocycles. The van der Waals surface area contributed by atoms with Crippen LogP contribution in [-0.2, 0) is 4.79 Å². The highest BCUT2D eigenvalue weighted by atomic mass is 16.4. The number of rotatable bonds is 3. The standard InChI is InChI=1S/C12H17N3O2/c1-15-6-2-3-9(8-15)10-7-13-11(14-10)4-5-12(16)17/h4-5,7,9H,2-3,6,8H2,1H3,(H,13,14)(H,16,17)/b5-4+. The summed E-state index contributed by atoms with van der Waals surface area (Å²) in [6.45, 7) is 2.18. The van der Waals surface area contributed by atoms with E-state index in [0.29, 0.717) is 11.7 Å². The predicted octanol–water partition coefficient (Wildman–Crippen LogP) is 1.32. The highest BCUT2D eigenvalue weighted by molar-refractivity contribution is 5.84. The molecule has 2 N–H and O–H groups in total. The number of likely N-dealkylation sites (N-methyl/N-ethyl adjacent to an activating group) is 1. The first-order valence-corrected chi connectivity index (χ1v) is 5.79. The van der Waals surface area contributed by atoms with Gasteiger partial charge in [0, 0.05) is 30.4 Å². The summed E-state index contributed by atoms with van der Waals surface area (Å²) >= 11 is 0. The zero-order chi connectivity index (χ0) is 12.3. The van der Waals surface area contributed by atoms with E-state index in [1.54, 1.807) is 0 Å². The second-order valence-electron chi connectivity index (χ2n) is 4.50. The fraction of sp³-hybridized carbons (Fsp3) is 0.500. The second-order valence-corrected chi connectivity index (χ2v) is 4.50. The van der Waals surface area contributed by atoms with Crippen molar-refractivity contribution in [2.75, 3.05) is 20.1 Å². The summed E-state index contributed by atoms with van der Waals surface area (Å²) < 4.78 is 0. The Balaban J connectivity index is 2.04. The maximum Gasteiger partial charge on any atom is 0.328 e. The van der Waals surface area contributed by atoms with Crippen LogP contribution in [-0.4, -0.2) is 46.1 Å². The number of imidazole rings is 1. The fourth-order valence-corrected chi connectivity index (χ4v) is 2.21. The molecule has 0 bridgehead atoms. The van der Waals surface area contributed by atoms with Gasteiger partial charge in [-0.1, -0.05) is 0 Å². The molecule has 1 aliphatic heterocycles. The number of carboxylic acids is 1. The minimum atomic E-state index is -0.958. The van der Waals surface area contributed by atoms with Crippen LogP contribution in [0.25, 0.3) is 6.08 Å². The van der Waals surface area contributed by atoms with Gasteiger partial charge < -0.3 is 15.0 Å². The molecule has 1 aliphatic rings. The Morgan fingerprint density at radius 1 is 1.71 bits per heavy atom. The molecule has 1 aromatic rings. The number of carboxylic acid groups (broad SMARTS) is 1. The van der Waals surface area contributed by atoms with Gasteiger partial charge in [0.2, 0.25) is 0 Å². The average Bonchev–Trinajstić information content (AvgIpc) is 2.75. The number of hydrogen-bond donors (Lipinski definition) is 2. The molecule has 0 radical (unpaired) electrons. The van der Waals surface area contributed by atoms with E-state index < -0.39 is 5.97 Å². The van der Waals surface area contributed by atoms with Gasteiger partial charge >= 0.3 is 5.97 Å². The molecule has 0 saturated carbocycles. The van der Waals surface area contributed by atoms with Crippen molar-refractivity contribution in [3.05, 3.63) is 23.8 Å². The smallest absolute Gasteiger partial charge is 0.328 e. The minimum Gasteiger partial charge on any atom is -0.478 e. The molecule has 17 heavy (non-hydrogen) atoms. The van der Waals surface area contributed by atoms with Crippen LogP contribution in [0.5, 0.6) is 0 Å². The first-order valence-electron chi connectivity index (χ1n) is 5.79. The topological polar surface area (TPSA) is 69.2 Å². The van der Waals surface area contributed by atoms with Gasteiger partial charge in [0.05, 0.1) is 0 Å². The van der Waals surface area contributed by atoms with Crippen molar-refractivity contribution in [2.24, 2.45) is 0 Å². The molecule has 0 aliphatic carbocycles. The first kappa shape index (κ1) is 11.9. The highest BCUT2D eigenvalue weighted by Gasteiger charge is 2.20. The van der Waals surface area contributed by atoms with E-state index in [0.717, 1.165) is 31.3 Å². The Morgan fingerprint density at radius 2 is 2.53 bits per heavy atom. The lowest BCUT2D eigenvalue weighted by Crippen LogP contribution is -2.30. The number of aromatic amines is 1. The van der Waals surface area contributed by atoms with Crippen LogP contribution in [0.2, 0.25) is 0 Å². The van der Waals surface area contributed by atoms with Gasteiger partial charge in [-0.25, -0.2) is 9.78 Å². The number of aliphatic carboxylic acids is 1. The van der Waals surface area contributed by atoms with Crippen LogP contribution in [0.4, 0.5) is 0 Å². The molecule has 2 rings (SSSR count). The van der Waals surface area contributed by atoms with E-state index in [1.165, 1.54) is 12.5 Å². The summed E-state index contributed by atoms with van der Waals surface area (Å²) in [4.78, 5) is 20.0. The van der Waals surface area contributed by atoms with E-state index >= 15 is 0 Å². The van der Waals surface area contributed by atoms with Crippen LogP contribution < -0.4 is 0 Å². The lowest BCUT2D eigenvalue weighted by atomic mass is 9.96. The van der Waals surface area contributed by atoms with Gasteiger partial charge in [-0.15, -0.1) is 0 Å². The number of piperidine rings is 1. The maximum atomic E-state index is 10.4. The molecule has 1 atom stereocenters. The zero-order valence-corrected chi connectivity index (χ0v) is 9.89. The van der Waals surface area contributed by atoms with Crippen molar-refractivity contribution in [1.29, 1.82) is 0 Å². The number of aromatic nitrogens is 2. The Morgan fingerprint density at radius 3 is 3.24 bits per heavy atom. The number of carbonyl (C=O) groups is 1. The van der Waals surface area contributed by atoms with Crippen LogP contribution in [0.1, 0.15) is 30.3 Å². The molecule has 92 valence electrons. The summed E-state index contributed by atoms with van der Waals surface area (Å²) in [5.41, 5.74) is 1.10. The van der Waals surface area contributed by atoms with Crippen LogP contribution in [0, 0.1) is 0 Å². The van der Waals surface area contributed by atoms with E-state index in [9.17, 15) is 4.79 Å². The van der Waals surface area contributed by atoms with Crippen LogP contribution in [0.15, 0.2) is 12.3 Å². The van der Waals surface area contributed by atoms with Crippen molar-refractivity contribution >= 4 is 12.0 Å². The SMILES string of the molecule is CN1CCCC(c2cnc(/C=C/C(=O)O)[nH]2)C1. The number of likely N-dealkylation sites (tertiary alicyclic amines) is 1. The van der Waals surface area contributed by atoms with Crippen molar-refractivity contribution in [3.8, 4) is 0 Å². The Kier molecular flexibility index (Phi) is 3.58. The van der Waals surface area contributed by atoms with Crippen molar-refractivity contribution in [1.82, 2.24) is 14.9 Å². The van der Waals surface area contributed by atoms with Gasteiger partial charge in [0.1, 0.15) is 5.82 Å². The highest BCUT2D eigenvalue weighted by Crippen LogP contribution is 2.24. The monoisotopic (exact) mass is 235 g/mol. The molecule has 1 aromatic heterocycles. The lowest BCUT2D eigenvalue weighted by Gasteiger charge is -2.28. The summed E-state index contributed by atoms with van der Waals surface area (Å²) in [7, 11) is 2.12. The second kappa shape index (κ2) is 5.14. The van der Waals surface area contributed by atoms with Crippen LogP contribution in [0.3, 0.4) is 0 Å². The van der Waals surface area contributed by atoms with Gasteiger partial charge in [-0.05, 0) is 32.5 Å².